The molecule has 1 saturated heterocycles. The summed E-state index contributed by atoms with van der Waals surface area (Å²) in [4.78, 5) is 9.54. The van der Waals surface area contributed by atoms with E-state index in [1.54, 1.807) is 0 Å². The molecule has 7 heteroatoms. The molecule has 1 aromatic carbocycles. The van der Waals surface area contributed by atoms with E-state index in [2.05, 4.69) is 14.9 Å². The normalized spacial score (nSPS) is 15.4. The maximum absolute atomic E-state index is 13.3. The van der Waals surface area contributed by atoms with Crippen molar-refractivity contribution in [3.8, 4) is 0 Å². The molecule has 0 bridgehead atoms. The van der Waals surface area contributed by atoms with Gasteiger partial charge in [-0.05, 0) is 37.6 Å². The topological polar surface area (TPSA) is 45.9 Å². The Morgan fingerprint density at radius 2 is 1.86 bits per heavy atom. The summed E-state index contributed by atoms with van der Waals surface area (Å²) in [7, 11) is 0. The molecule has 0 spiro atoms. The van der Waals surface area contributed by atoms with Crippen molar-refractivity contribution in [2.75, 3.05) is 39.4 Å². The first-order valence-corrected chi connectivity index (χ1v) is 10.2. The Balaban J connectivity index is 1.53. The summed E-state index contributed by atoms with van der Waals surface area (Å²) < 4.78 is 20.7. The quantitative estimate of drug-likeness (QED) is 0.614. The van der Waals surface area contributed by atoms with Crippen LogP contribution in [0.1, 0.15) is 22.5 Å². The van der Waals surface area contributed by atoms with Gasteiger partial charge in [-0.1, -0.05) is 12.1 Å². The van der Waals surface area contributed by atoms with Crippen molar-refractivity contribution in [1.29, 1.82) is 0 Å². The van der Waals surface area contributed by atoms with Gasteiger partial charge in [0.25, 0.3) is 0 Å². The molecule has 0 radical (unpaired) electrons. The van der Waals surface area contributed by atoms with Crippen LogP contribution in [0.2, 0.25) is 0 Å². The summed E-state index contributed by atoms with van der Waals surface area (Å²) >= 11 is 0. The highest BCUT2D eigenvalue weighted by Crippen LogP contribution is 2.16. The molecule has 154 valence electrons. The third kappa shape index (κ3) is 4.98. The first kappa shape index (κ1) is 19.9. The van der Waals surface area contributed by atoms with Gasteiger partial charge in [0.05, 0.1) is 19.4 Å². The second-order valence-corrected chi connectivity index (χ2v) is 7.74. The van der Waals surface area contributed by atoms with Crippen molar-refractivity contribution in [3.05, 3.63) is 64.9 Å². The zero-order chi connectivity index (χ0) is 20.2. The Morgan fingerprint density at radius 1 is 1.10 bits per heavy atom. The minimum absolute atomic E-state index is 0.202. The lowest BCUT2D eigenvalue weighted by Gasteiger charge is -2.30. The number of nitrogens with zero attached hydrogens (tertiary/aromatic N) is 5. The lowest BCUT2D eigenvalue weighted by atomic mass is 10.2. The summed E-state index contributed by atoms with van der Waals surface area (Å²) in [6.07, 6.45) is 1.92. The number of hydrogen-bond acceptors (Lipinski definition) is 5. The Morgan fingerprint density at radius 3 is 2.62 bits per heavy atom. The van der Waals surface area contributed by atoms with E-state index in [1.165, 1.54) is 12.1 Å². The predicted molar refractivity (Wildman–Crippen MR) is 110 cm³/mol. The van der Waals surface area contributed by atoms with Crippen LogP contribution >= 0.6 is 0 Å². The molecular weight excluding hydrogens is 369 g/mol. The number of halogens is 1. The number of benzene rings is 1. The maximum Gasteiger partial charge on any atom is 0.159 e. The maximum atomic E-state index is 13.3. The van der Waals surface area contributed by atoms with Crippen LogP contribution < -0.4 is 0 Å². The second kappa shape index (κ2) is 8.98. The summed E-state index contributed by atoms with van der Waals surface area (Å²) in [5, 5.41) is 4.53. The monoisotopic (exact) mass is 397 g/mol. The fourth-order valence-electron chi connectivity index (χ4n) is 3.84. The van der Waals surface area contributed by atoms with Gasteiger partial charge in [-0.2, -0.15) is 5.10 Å². The average Bonchev–Trinajstić information content (AvgIpc) is 3.11. The van der Waals surface area contributed by atoms with Crippen molar-refractivity contribution in [3.63, 3.8) is 0 Å². The third-order valence-electron chi connectivity index (χ3n) is 5.40. The SMILES string of the molecule is Cc1cc(C)n2ncc(CN(CCN3CCOCC3)Cc3ccc(F)cc3)c2n1. The highest BCUT2D eigenvalue weighted by molar-refractivity contribution is 5.47. The van der Waals surface area contributed by atoms with E-state index in [-0.39, 0.29) is 5.82 Å². The molecular formula is C22H28FN5O. The summed E-state index contributed by atoms with van der Waals surface area (Å²) in [5.41, 5.74) is 5.20. The summed E-state index contributed by atoms with van der Waals surface area (Å²) in [5.74, 6) is -0.202. The molecule has 0 amide bonds. The summed E-state index contributed by atoms with van der Waals surface area (Å²) in [6.45, 7) is 11.0. The molecule has 1 fully saturated rings. The van der Waals surface area contributed by atoms with Gasteiger partial charge in [0.2, 0.25) is 0 Å². The number of morpholine rings is 1. The van der Waals surface area contributed by atoms with Gasteiger partial charge in [0.1, 0.15) is 5.82 Å². The van der Waals surface area contributed by atoms with Crippen LogP contribution in [0.3, 0.4) is 0 Å². The van der Waals surface area contributed by atoms with Gasteiger partial charge in [-0.25, -0.2) is 13.9 Å². The van der Waals surface area contributed by atoms with Crippen LogP contribution in [0.5, 0.6) is 0 Å². The van der Waals surface area contributed by atoms with Crippen molar-refractivity contribution in [1.82, 2.24) is 24.4 Å². The van der Waals surface area contributed by atoms with Crippen molar-refractivity contribution in [2.45, 2.75) is 26.9 Å². The van der Waals surface area contributed by atoms with Crippen molar-refractivity contribution >= 4 is 5.65 Å². The molecule has 0 saturated carbocycles. The molecule has 4 rings (SSSR count). The zero-order valence-corrected chi connectivity index (χ0v) is 17.1. The molecule has 3 aromatic rings. The summed E-state index contributed by atoms with van der Waals surface area (Å²) in [6, 6.07) is 8.82. The molecule has 0 aliphatic carbocycles. The first-order chi connectivity index (χ1) is 14.1. The average molecular weight is 397 g/mol. The Hall–Kier alpha value is -2.35. The Labute approximate surface area is 170 Å². The fourth-order valence-corrected chi connectivity index (χ4v) is 3.84. The Bertz CT molecular complexity index is 950. The van der Waals surface area contributed by atoms with Crippen LogP contribution in [0, 0.1) is 19.7 Å². The van der Waals surface area contributed by atoms with Crippen molar-refractivity contribution < 1.29 is 9.13 Å². The Kier molecular flexibility index (Phi) is 6.18. The number of hydrogen-bond donors (Lipinski definition) is 0. The van der Waals surface area contributed by atoms with Gasteiger partial charge in [0.15, 0.2) is 5.65 Å². The molecule has 29 heavy (non-hydrogen) atoms. The molecule has 1 aliphatic heterocycles. The number of rotatable bonds is 7. The minimum atomic E-state index is -0.202. The van der Waals surface area contributed by atoms with E-state index in [1.807, 2.05) is 42.8 Å². The van der Waals surface area contributed by atoms with Gasteiger partial charge in [-0.15, -0.1) is 0 Å². The minimum Gasteiger partial charge on any atom is -0.379 e. The van der Waals surface area contributed by atoms with Crippen LogP contribution in [-0.2, 0) is 17.8 Å². The van der Waals surface area contributed by atoms with E-state index >= 15 is 0 Å². The van der Waals surface area contributed by atoms with Crippen LogP contribution in [0.15, 0.2) is 36.5 Å². The lowest BCUT2D eigenvalue weighted by molar-refractivity contribution is 0.0325. The highest BCUT2D eigenvalue weighted by Gasteiger charge is 2.16. The molecule has 0 N–H and O–H groups in total. The number of ether oxygens (including phenoxy) is 1. The van der Waals surface area contributed by atoms with E-state index in [0.29, 0.717) is 0 Å². The lowest BCUT2D eigenvalue weighted by Crippen LogP contribution is -2.41. The van der Waals surface area contributed by atoms with Crippen LogP contribution in [0.25, 0.3) is 5.65 Å². The smallest absolute Gasteiger partial charge is 0.159 e. The van der Waals surface area contributed by atoms with Crippen molar-refractivity contribution in [2.24, 2.45) is 0 Å². The number of fused-ring (bicyclic) bond motifs is 1. The molecule has 6 nitrogen and oxygen atoms in total. The predicted octanol–water partition coefficient (Wildman–Crippen LogP) is 2.82. The van der Waals surface area contributed by atoms with E-state index in [0.717, 1.165) is 80.6 Å². The van der Waals surface area contributed by atoms with Gasteiger partial charge >= 0.3 is 0 Å². The zero-order valence-electron chi connectivity index (χ0n) is 17.1. The standard InChI is InChI=1S/C22H28FN5O/c1-17-13-18(2)28-22(25-17)20(14-24-28)16-27(8-7-26-9-11-29-12-10-26)15-19-3-5-21(23)6-4-19/h3-6,13-14H,7-12,15-16H2,1-2H3. The fraction of sp³-hybridized carbons (Fsp3) is 0.455. The first-order valence-electron chi connectivity index (χ1n) is 10.2. The van der Waals surface area contributed by atoms with Crippen LogP contribution in [0.4, 0.5) is 4.39 Å². The number of aryl methyl sites for hydroxylation is 2. The number of aromatic nitrogens is 3. The molecule has 2 aromatic heterocycles. The third-order valence-corrected chi connectivity index (χ3v) is 5.40. The van der Waals surface area contributed by atoms with E-state index in [9.17, 15) is 4.39 Å². The van der Waals surface area contributed by atoms with Gasteiger partial charge in [0, 0.05) is 56.2 Å². The molecule has 3 heterocycles. The van der Waals surface area contributed by atoms with E-state index < -0.39 is 0 Å². The molecule has 0 unspecified atom stereocenters. The van der Waals surface area contributed by atoms with Gasteiger partial charge < -0.3 is 4.74 Å². The van der Waals surface area contributed by atoms with Gasteiger partial charge in [-0.3, -0.25) is 9.80 Å². The second-order valence-electron chi connectivity index (χ2n) is 7.74. The van der Waals surface area contributed by atoms with E-state index in [4.69, 9.17) is 9.72 Å². The van der Waals surface area contributed by atoms with Crippen LogP contribution in [-0.4, -0.2) is 63.8 Å². The molecule has 1 aliphatic rings. The molecule has 0 atom stereocenters. The highest BCUT2D eigenvalue weighted by atomic mass is 19.1. The largest absolute Gasteiger partial charge is 0.379 e.